The molecule has 0 aromatic rings. The minimum absolute atomic E-state index is 0.346. The van der Waals surface area contributed by atoms with Crippen LogP contribution in [-0.2, 0) is 4.74 Å². The molecule has 1 N–H and O–H groups in total. The maximum atomic E-state index is 9.99. The standard InChI is InChI=1S/C10H21NO2/c1-8(2)10(12)6-11(7-10)9(3)5-13-4/h8-9,12H,5-7H2,1-4H3. The first-order valence-electron chi connectivity index (χ1n) is 4.95. The minimum Gasteiger partial charge on any atom is -0.387 e. The molecule has 78 valence electrons. The molecule has 0 saturated carbocycles. The number of nitrogens with zero attached hydrogens (tertiary/aromatic N) is 1. The summed E-state index contributed by atoms with van der Waals surface area (Å²) in [6.07, 6.45) is 0. The molecule has 1 aliphatic heterocycles. The van der Waals surface area contributed by atoms with E-state index < -0.39 is 5.60 Å². The van der Waals surface area contributed by atoms with Crippen molar-refractivity contribution in [3.05, 3.63) is 0 Å². The summed E-state index contributed by atoms with van der Waals surface area (Å²) < 4.78 is 5.07. The molecule has 13 heavy (non-hydrogen) atoms. The van der Waals surface area contributed by atoms with Crippen molar-refractivity contribution in [2.24, 2.45) is 5.92 Å². The zero-order chi connectivity index (χ0) is 10.1. The van der Waals surface area contributed by atoms with E-state index in [1.807, 2.05) is 0 Å². The van der Waals surface area contributed by atoms with Crippen molar-refractivity contribution in [1.82, 2.24) is 4.90 Å². The first kappa shape index (κ1) is 11.0. The number of methoxy groups -OCH3 is 1. The number of hydrogen-bond donors (Lipinski definition) is 1. The number of likely N-dealkylation sites (tertiary alicyclic amines) is 1. The second-order valence-electron chi connectivity index (χ2n) is 4.47. The van der Waals surface area contributed by atoms with Gasteiger partial charge in [-0.15, -0.1) is 0 Å². The average molecular weight is 187 g/mol. The Morgan fingerprint density at radius 1 is 1.38 bits per heavy atom. The van der Waals surface area contributed by atoms with Crippen LogP contribution in [0.25, 0.3) is 0 Å². The predicted octanol–water partition coefficient (Wildman–Crippen LogP) is 0.724. The van der Waals surface area contributed by atoms with Gasteiger partial charge in [-0.1, -0.05) is 13.8 Å². The summed E-state index contributed by atoms with van der Waals surface area (Å²) in [7, 11) is 1.71. The van der Waals surface area contributed by atoms with Crippen molar-refractivity contribution in [1.29, 1.82) is 0 Å². The van der Waals surface area contributed by atoms with Gasteiger partial charge in [0.2, 0.25) is 0 Å². The highest BCUT2D eigenvalue weighted by molar-refractivity contribution is 4.99. The summed E-state index contributed by atoms with van der Waals surface area (Å²) >= 11 is 0. The molecule has 0 amide bonds. The normalized spacial score (nSPS) is 24.5. The smallest absolute Gasteiger partial charge is 0.0923 e. The van der Waals surface area contributed by atoms with Crippen molar-refractivity contribution >= 4 is 0 Å². The highest BCUT2D eigenvalue weighted by Gasteiger charge is 2.44. The zero-order valence-electron chi connectivity index (χ0n) is 9.08. The van der Waals surface area contributed by atoms with Crippen molar-refractivity contribution < 1.29 is 9.84 Å². The van der Waals surface area contributed by atoms with Crippen molar-refractivity contribution in [2.75, 3.05) is 26.8 Å². The van der Waals surface area contributed by atoms with Crippen LogP contribution in [-0.4, -0.2) is 48.5 Å². The molecule has 1 heterocycles. The van der Waals surface area contributed by atoms with Gasteiger partial charge in [-0.05, 0) is 12.8 Å². The lowest BCUT2D eigenvalue weighted by molar-refractivity contribution is -0.146. The number of aliphatic hydroxyl groups is 1. The molecule has 1 atom stereocenters. The molecule has 0 radical (unpaired) electrons. The molecule has 1 unspecified atom stereocenters. The molecule has 0 aliphatic carbocycles. The van der Waals surface area contributed by atoms with Crippen LogP contribution in [0.3, 0.4) is 0 Å². The first-order chi connectivity index (χ1) is 5.99. The highest BCUT2D eigenvalue weighted by Crippen LogP contribution is 2.29. The number of ether oxygens (including phenoxy) is 1. The van der Waals surface area contributed by atoms with Crippen LogP contribution < -0.4 is 0 Å². The van der Waals surface area contributed by atoms with E-state index >= 15 is 0 Å². The fourth-order valence-corrected chi connectivity index (χ4v) is 1.68. The van der Waals surface area contributed by atoms with Gasteiger partial charge >= 0.3 is 0 Å². The van der Waals surface area contributed by atoms with Crippen molar-refractivity contribution in [3.8, 4) is 0 Å². The van der Waals surface area contributed by atoms with Crippen LogP contribution in [0.2, 0.25) is 0 Å². The second-order valence-corrected chi connectivity index (χ2v) is 4.47. The van der Waals surface area contributed by atoms with E-state index in [1.165, 1.54) is 0 Å². The van der Waals surface area contributed by atoms with Gasteiger partial charge in [0.25, 0.3) is 0 Å². The molecule has 0 bridgehead atoms. The van der Waals surface area contributed by atoms with Gasteiger partial charge in [0.1, 0.15) is 0 Å². The Morgan fingerprint density at radius 2 is 1.92 bits per heavy atom. The highest BCUT2D eigenvalue weighted by atomic mass is 16.5. The Hall–Kier alpha value is -0.120. The van der Waals surface area contributed by atoms with Crippen LogP contribution in [0.4, 0.5) is 0 Å². The van der Waals surface area contributed by atoms with Crippen LogP contribution in [0.5, 0.6) is 0 Å². The molecule has 0 aromatic heterocycles. The SMILES string of the molecule is COCC(C)N1CC(O)(C(C)C)C1. The predicted molar refractivity (Wildman–Crippen MR) is 52.7 cm³/mol. The summed E-state index contributed by atoms with van der Waals surface area (Å²) in [5.74, 6) is 0.346. The van der Waals surface area contributed by atoms with E-state index in [0.717, 1.165) is 19.7 Å². The summed E-state index contributed by atoms with van der Waals surface area (Å²) in [6.45, 7) is 8.58. The number of β-amino-alcohol motifs (C(OH)–C–C–N with tert-alkyl or cyclic N) is 1. The molecule has 3 nitrogen and oxygen atoms in total. The van der Waals surface area contributed by atoms with Gasteiger partial charge in [-0.3, -0.25) is 4.90 Å². The lowest BCUT2D eigenvalue weighted by Gasteiger charge is -2.51. The van der Waals surface area contributed by atoms with E-state index in [-0.39, 0.29) is 0 Å². The zero-order valence-corrected chi connectivity index (χ0v) is 9.08. The van der Waals surface area contributed by atoms with Crippen LogP contribution in [0, 0.1) is 5.92 Å². The van der Waals surface area contributed by atoms with Crippen LogP contribution in [0.15, 0.2) is 0 Å². The molecule has 0 aromatic carbocycles. The lowest BCUT2D eigenvalue weighted by Crippen LogP contribution is -2.67. The summed E-state index contributed by atoms with van der Waals surface area (Å²) in [6, 6.07) is 0.420. The van der Waals surface area contributed by atoms with E-state index in [1.54, 1.807) is 7.11 Å². The quantitative estimate of drug-likeness (QED) is 0.704. The molecular formula is C10H21NO2. The Bertz CT molecular complexity index is 164. The third kappa shape index (κ3) is 2.22. The third-order valence-corrected chi connectivity index (χ3v) is 3.06. The Morgan fingerprint density at radius 3 is 2.31 bits per heavy atom. The maximum Gasteiger partial charge on any atom is 0.0923 e. The topological polar surface area (TPSA) is 32.7 Å². The lowest BCUT2D eigenvalue weighted by atomic mass is 9.82. The molecule has 1 aliphatic rings. The van der Waals surface area contributed by atoms with Gasteiger partial charge in [0.15, 0.2) is 0 Å². The Kier molecular flexibility index (Phi) is 3.33. The van der Waals surface area contributed by atoms with E-state index in [9.17, 15) is 5.11 Å². The molecule has 3 heteroatoms. The average Bonchev–Trinajstić information content (AvgIpc) is 1.98. The largest absolute Gasteiger partial charge is 0.387 e. The maximum absolute atomic E-state index is 9.99. The van der Waals surface area contributed by atoms with E-state index in [2.05, 4.69) is 25.7 Å². The van der Waals surface area contributed by atoms with Crippen LogP contribution >= 0.6 is 0 Å². The molecule has 1 rings (SSSR count). The first-order valence-corrected chi connectivity index (χ1v) is 4.95. The fourth-order valence-electron chi connectivity index (χ4n) is 1.68. The van der Waals surface area contributed by atoms with Crippen molar-refractivity contribution in [3.63, 3.8) is 0 Å². The van der Waals surface area contributed by atoms with Crippen molar-refractivity contribution in [2.45, 2.75) is 32.4 Å². The molecular weight excluding hydrogens is 166 g/mol. The van der Waals surface area contributed by atoms with Gasteiger partial charge in [0.05, 0.1) is 12.2 Å². The Balaban J connectivity index is 2.32. The van der Waals surface area contributed by atoms with Gasteiger partial charge in [0, 0.05) is 26.2 Å². The van der Waals surface area contributed by atoms with Gasteiger partial charge in [-0.2, -0.15) is 0 Å². The number of rotatable bonds is 4. The molecule has 1 fully saturated rings. The van der Waals surface area contributed by atoms with Crippen LogP contribution in [0.1, 0.15) is 20.8 Å². The van der Waals surface area contributed by atoms with Gasteiger partial charge < -0.3 is 9.84 Å². The van der Waals surface area contributed by atoms with Gasteiger partial charge in [-0.25, -0.2) is 0 Å². The molecule has 1 saturated heterocycles. The number of hydrogen-bond acceptors (Lipinski definition) is 3. The fraction of sp³-hybridized carbons (Fsp3) is 1.00. The monoisotopic (exact) mass is 187 g/mol. The minimum atomic E-state index is -0.456. The van der Waals surface area contributed by atoms with E-state index in [4.69, 9.17) is 4.74 Å². The summed E-state index contributed by atoms with van der Waals surface area (Å²) in [5, 5.41) is 9.99. The third-order valence-electron chi connectivity index (χ3n) is 3.06. The summed E-state index contributed by atoms with van der Waals surface area (Å²) in [4.78, 5) is 2.25. The second kappa shape index (κ2) is 3.95. The molecule has 0 spiro atoms. The van der Waals surface area contributed by atoms with E-state index in [0.29, 0.717) is 12.0 Å². The summed E-state index contributed by atoms with van der Waals surface area (Å²) in [5.41, 5.74) is -0.456. The Labute approximate surface area is 80.7 Å².